The SMILES string of the molecule is CC(C)(C)OC(=O)N[C@H]1C[C@@H](Oc2ccc(S(=O)(=O)C(F)(F)F)c3c2CC(F)(F)[C@H]3O)C1. The number of carbonyl (C=O) groups excluding carboxylic acids is 1. The lowest BCUT2D eigenvalue weighted by atomic mass is 9.89. The summed E-state index contributed by atoms with van der Waals surface area (Å²) in [6.07, 6.45) is -4.56. The van der Waals surface area contributed by atoms with Crippen LogP contribution in [0, 0.1) is 0 Å². The maximum absolute atomic E-state index is 14.1. The molecular formula is C19H22F5NO6S. The topological polar surface area (TPSA) is 102 Å². The largest absolute Gasteiger partial charge is 0.501 e. The molecule has 13 heteroatoms. The third-order valence-electron chi connectivity index (χ3n) is 5.06. The van der Waals surface area contributed by atoms with E-state index in [0.717, 1.165) is 6.07 Å². The Morgan fingerprint density at radius 3 is 2.31 bits per heavy atom. The smallest absolute Gasteiger partial charge is 0.490 e. The summed E-state index contributed by atoms with van der Waals surface area (Å²) in [5.41, 5.74) is -7.92. The first-order chi connectivity index (χ1) is 14.4. The van der Waals surface area contributed by atoms with Crippen molar-refractivity contribution in [3.63, 3.8) is 0 Å². The number of benzene rings is 1. The van der Waals surface area contributed by atoms with E-state index in [1.807, 2.05) is 0 Å². The number of ether oxygens (including phenoxy) is 2. The molecule has 180 valence electrons. The van der Waals surface area contributed by atoms with E-state index in [9.17, 15) is 40.3 Å². The second-order valence-corrected chi connectivity index (χ2v) is 10.7. The standard InChI is InChI=1S/C19H22F5NO6S/c1-17(2,3)31-16(27)25-9-6-10(7-9)30-12-4-5-13(32(28,29)19(22,23)24)14-11(12)8-18(20,21)15(14)26/h4-5,9-10,15,26H,6-8H2,1-3H3,(H,25,27)/t9-,10+,15-/m0/s1. The quantitative estimate of drug-likeness (QED) is 0.629. The van der Waals surface area contributed by atoms with Crippen LogP contribution in [0.3, 0.4) is 0 Å². The van der Waals surface area contributed by atoms with Crippen molar-refractivity contribution in [3.8, 4) is 5.75 Å². The number of amides is 1. The number of sulfone groups is 1. The molecule has 0 bridgehead atoms. The van der Waals surface area contributed by atoms with Gasteiger partial charge < -0.3 is 19.9 Å². The number of nitrogens with one attached hydrogen (secondary N) is 1. The molecule has 2 aliphatic carbocycles. The summed E-state index contributed by atoms with van der Waals surface area (Å²) in [7, 11) is -5.97. The highest BCUT2D eigenvalue weighted by Gasteiger charge is 2.55. The minimum Gasteiger partial charge on any atom is -0.490 e. The van der Waals surface area contributed by atoms with Crippen molar-refractivity contribution in [1.29, 1.82) is 0 Å². The van der Waals surface area contributed by atoms with Crippen LogP contribution in [0.4, 0.5) is 26.7 Å². The molecule has 1 aromatic rings. The Kier molecular flexibility index (Phi) is 5.91. The number of alkyl halides is 5. The van der Waals surface area contributed by atoms with Crippen molar-refractivity contribution >= 4 is 15.9 Å². The van der Waals surface area contributed by atoms with Crippen LogP contribution in [-0.4, -0.2) is 48.8 Å². The van der Waals surface area contributed by atoms with E-state index in [2.05, 4.69) is 5.32 Å². The van der Waals surface area contributed by atoms with Crippen molar-refractivity contribution in [2.24, 2.45) is 0 Å². The predicted octanol–water partition coefficient (Wildman–Crippen LogP) is 3.64. The zero-order valence-electron chi connectivity index (χ0n) is 17.3. The van der Waals surface area contributed by atoms with Gasteiger partial charge in [-0.25, -0.2) is 22.0 Å². The second-order valence-electron chi connectivity index (χ2n) is 8.80. The van der Waals surface area contributed by atoms with E-state index in [4.69, 9.17) is 9.47 Å². The van der Waals surface area contributed by atoms with Gasteiger partial charge in [0.05, 0.1) is 4.90 Å². The Balaban J connectivity index is 1.79. The summed E-state index contributed by atoms with van der Waals surface area (Å²) < 4.78 is 102. The molecule has 0 unspecified atom stereocenters. The van der Waals surface area contributed by atoms with Crippen LogP contribution in [-0.2, 0) is 21.0 Å². The van der Waals surface area contributed by atoms with E-state index in [1.165, 1.54) is 0 Å². The number of hydrogen-bond acceptors (Lipinski definition) is 6. The molecule has 3 rings (SSSR count). The number of alkyl carbamates (subject to hydrolysis) is 1. The van der Waals surface area contributed by atoms with Crippen molar-refractivity contribution in [1.82, 2.24) is 5.32 Å². The van der Waals surface area contributed by atoms with Gasteiger partial charge in [-0.05, 0) is 32.9 Å². The monoisotopic (exact) mass is 487 g/mol. The number of hydrogen-bond donors (Lipinski definition) is 2. The van der Waals surface area contributed by atoms with Crippen LogP contribution in [0.25, 0.3) is 0 Å². The fourth-order valence-corrected chi connectivity index (χ4v) is 4.57. The Labute approximate surface area is 180 Å². The summed E-state index contributed by atoms with van der Waals surface area (Å²) in [5.74, 6) is -4.10. The molecule has 1 saturated carbocycles. The van der Waals surface area contributed by atoms with Gasteiger partial charge >= 0.3 is 11.6 Å². The van der Waals surface area contributed by atoms with Crippen molar-refractivity contribution in [3.05, 3.63) is 23.3 Å². The minimum atomic E-state index is -5.97. The fourth-order valence-electron chi connectivity index (χ4n) is 3.55. The van der Waals surface area contributed by atoms with Crippen LogP contribution >= 0.6 is 0 Å². The molecule has 0 radical (unpaired) electrons. The lowest BCUT2D eigenvalue weighted by Crippen LogP contribution is -2.50. The molecule has 0 aromatic heterocycles. The molecule has 0 saturated heterocycles. The van der Waals surface area contributed by atoms with Crippen LogP contribution in [0.1, 0.15) is 50.8 Å². The summed E-state index contributed by atoms with van der Waals surface area (Å²) in [4.78, 5) is 10.3. The number of rotatable bonds is 4. The predicted molar refractivity (Wildman–Crippen MR) is 100 cm³/mol. The maximum Gasteiger partial charge on any atom is 0.501 e. The zero-order chi connectivity index (χ0) is 24.3. The third kappa shape index (κ3) is 4.63. The summed E-state index contributed by atoms with van der Waals surface area (Å²) in [6.45, 7) is 5.06. The number of fused-ring (bicyclic) bond motifs is 1. The first-order valence-corrected chi connectivity index (χ1v) is 11.1. The number of aliphatic hydroxyl groups is 1. The molecule has 2 aliphatic rings. The van der Waals surface area contributed by atoms with Crippen molar-refractivity contribution in [2.75, 3.05) is 0 Å². The number of halogens is 5. The van der Waals surface area contributed by atoms with Crippen LogP contribution < -0.4 is 10.1 Å². The van der Waals surface area contributed by atoms with Crippen molar-refractivity contribution < 1.29 is 49.7 Å². The average molecular weight is 487 g/mol. The van der Waals surface area contributed by atoms with E-state index in [-0.39, 0.29) is 24.6 Å². The molecule has 32 heavy (non-hydrogen) atoms. The van der Waals surface area contributed by atoms with Crippen LogP contribution in [0.2, 0.25) is 0 Å². The van der Waals surface area contributed by atoms with Gasteiger partial charge in [0.15, 0.2) is 0 Å². The molecule has 1 amide bonds. The second kappa shape index (κ2) is 7.72. The highest BCUT2D eigenvalue weighted by Crippen LogP contribution is 2.51. The van der Waals surface area contributed by atoms with Gasteiger partial charge in [-0.3, -0.25) is 0 Å². The Hall–Kier alpha value is -2.15. The Bertz CT molecular complexity index is 1010. The molecule has 0 spiro atoms. The summed E-state index contributed by atoms with van der Waals surface area (Å²) in [6, 6.07) is 1.07. The molecule has 1 atom stereocenters. The lowest BCUT2D eigenvalue weighted by Gasteiger charge is -2.36. The maximum atomic E-state index is 14.1. The summed E-state index contributed by atoms with van der Waals surface area (Å²) >= 11 is 0. The first kappa shape index (κ1) is 24.5. The first-order valence-electron chi connectivity index (χ1n) is 9.61. The fraction of sp³-hybridized carbons (Fsp3) is 0.632. The molecule has 0 heterocycles. The highest BCUT2D eigenvalue weighted by molar-refractivity contribution is 7.92. The van der Waals surface area contributed by atoms with Gasteiger partial charge in [0.25, 0.3) is 15.8 Å². The molecule has 7 nitrogen and oxygen atoms in total. The number of carbonyl (C=O) groups is 1. The molecule has 1 fully saturated rings. The molecule has 1 aromatic carbocycles. The highest BCUT2D eigenvalue weighted by atomic mass is 32.2. The van der Waals surface area contributed by atoms with Gasteiger partial charge in [0.2, 0.25) is 0 Å². The zero-order valence-corrected chi connectivity index (χ0v) is 18.1. The van der Waals surface area contributed by atoms with Crippen LogP contribution in [0.5, 0.6) is 5.75 Å². The van der Waals surface area contributed by atoms with Crippen molar-refractivity contribution in [2.45, 2.75) is 80.2 Å². The van der Waals surface area contributed by atoms with Gasteiger partial charge in [-0.15, -0.1) is 0 Å². The number of aliphatic hydroxyl groups excluding tert-OH is 1. The van der Waals surface area contributed by atoms with Crippen LogP contribution in [0.15, 0.2) is 17.0 Å². The lowest BCUT2D eigenvalue weighted by molar-refractivity contribution is -0.0979. The average Bonchev–Trinajstić information content (AvgIpc) is 2.80. The molecule has 2 N–H and O–H groups in total. The Morgan fingerprint density at radius 1 is 1.19 bits per heavy atom. The Morgan fingerprint density at radius 2 is 1.78 bits per heavy atom. The van der Waals surface area contributed by atoms with Gasteiger partial charge in [-0.2, -0.15) is 13.2 Å². The van der Waals surface area contributed by atoms with E-state index >= 15 is 0 Å². The van der Waals surface area contributed by atoms with E-state index < -0.39 is 67.6 Å². The van der Waals surface area contributed by atoms with Gasteiger partial charge in [0.1, 0.15) is 23.6 Å². The normalized spacial score (nSPS) is 25.0. The molecular weight excluding hydrogens is 465 g/mol. The minimum absolute atomic E-state index is 0.238. The molecule has 0 aliphatic heterocycles. The van der Waals surface area contributed by atoms with Gasteiger partial charge in [0, 0.05) is 36.4 Å². The van der Waals surface area contributed by atoms with E-state index in [1.54, 1.807) is 20.8 Å². The van der Waals surface area contributed by atoms with Gasteiger partial charge in [-0.1, -0.05) is 0 Å². The summed E-state index contributed by atoms with van der Waals surface area (Å²) in [5, 5.41) is 12.5. The third-order valence-corrected chi connectivity index (χ3v) is 6.61. The van der Waals surface area contributed by atoms with E-state index in [0.29, 0.717) is 6.07 Å².